The monoisotopic (exact) mass is 298 g/mol. The van der Waals surface area contributed by atoms with Gasteiger partial charge in [-0.05, 0) is 37.4 Å². The molecule has 116 valence electrons. The van der Waals surface area contributed by atoms with Gasteiger partial charge in [0.15, 0.2) is 6.04 Å². The number of benzene rings is 1. The quantitative estimate of drug-likeness (QED) is 0.934. The van der Waals surface area contributed by atoms with E-state index in [0.29, 0.717) is 12.5 Å². The van der Waals surface area contributed by atoms with Crippen LogP contribution in [0.4, 0.5) is 0 Å². The molecular formula is C17H22N4O. The van der Waals surface area contributed by atoms with Gasteiger partial charge < -0.3 is 10.6 Å². The van der Waals surface area contributed by atoms with E-state index in [1.165, 1.54) is 0 Å². The minimum absolute atomic E-state index is 0.0957. The Hall–Kier alpha value is -2.14. The van der Waals surface area contributed by atoms with E-state index in [4.69, 9.17) is 5.73 Å². The Morgan fingerprint density at radius 1 is 1.36 bits per heavy atom. The fourth-order valence-corrected chi connectivity index (χ4v) is 3.25. The molecule has 3 atom stereocenters. The van der Waals surface area contributed by atoms with Crippen LogP contribution in [0.1, 0.15) is 24.9 Å². The van der Waals surface area contributed by atoms with Gasteiger partial charge in [-0.15, -0.1) is 0 Å². The second-order valence-electron chi connectivity index (χ2n) is 5.98. The smallest absolute Gasteiger partial charge is 0.252 e. The first-order chi connectivity index (χ1) is 10.7. The van der Waals surface area contributed by atoms with Gasteiger partial charge in [-0.2, -0.15) is 5.10 Å². The average Bonchev–Trinajstić information content (AvgIpc) is 3.18. The van der Waals surface area contributed by atoms with E-state index in [-0.39, 0.29) is 11.9 Å². The van der Waals surface area contributed by atoms with Gasteiger partial charge in [-0.25, -0.2) is 0 Å². The van der Waals surface area contributed by atoms with Crippen LogP contribution >= 0.6 is 0 Å². The molecule has 1 aliphatic rings. The van der Waals surface area contributed by atoms with E-state index in [9.17, 15) is 4.79 Å². The SMILES string of the molecule is CC1CC(CN)CN1C(=O)C(c1ccccc1)n1cccn1. The number of aromatic nitrogens is 2. The zero-order valence-electron chi connectivity index (χ0n) is 12.8. The van der Waals surface area contributed by atoms with Gasteiger partial charge in [0.2, 0.25) is 0 Å². The van der Waals surface area contributed by atoms with Gasteiger partial charge >= 0.3 is 0 Å². The van der Waals surface area contributed by atoms with Gasteiger partial charge in [-0.3, -0.25) is 9.48 Å². The first kappa shape index (κ1) is 14.8. The Morgan fingerprint density at radius 2 is 2.14 bits per heavy atom. The largest absolute Gasteiger partial charge is 0.337 e. The lowest BCUT2D eigenvalue weighted by Crippen LogP contribution is -2.40. The summed E-state index contributed by atoms with van der Waals surface area (Å²) in [6.45, 7) is 3.46. The van der Waals surface area contributed by atoms with Crippen molar-refractivity contribution >= 4 is 5.91 Å². The molecule has 2 N–H and O–H groups in total. The minimum Gasteiger partial charge on any atom is -0.337 e. The topological polar surface area (TPSA) is 64.2 Å². The average molecular weight is 298 g/mol. The van der Waals surface area contributed by atoms with Crippen LogP contribution in [0.15, 0.2) is 48.8 Å². The molecule has 5 nitrogen and oxygen atoms in total. The maximum Gasteiger partial charge on any atom is 0.252 e. The van der Waals surface area contributed by atoms with Crippen molar-refractivity contribution in [1.29, 1.82) is 0 Å². The molecule has 1 aromatic heterocycles. The van der Waals surface area contributed by atoms with Gasteiger partial charge in [-0.1, -0.05) is 30.3 Å². The first-order valence-electron chi connectivity index (χ1n) is 7.75. The maximum absolute atomic E-state index is 13.1. The summed E-state index contributed by atoms with van der Waals surface area (Å²) in [7, 11) is 0. The highest BCUT2D eigenvalue weighted by atomic mass is 16.2. The Labute approximate surface area is 130 Å². The summed E-state index contributed by atoms with van der Waals surface area (Å²) in [5.74, 6) is 0.492. The third-order valence-corrected chi connectivity index (χ3v) is 4.42. The summed E-state index contributed by atoms with van der Waals surface area (Å²) in [5.41, 5.74) is 6.74. The van der Waals surface area contributed by atoms with Crippen molar-refractivity contribution in [2.24, 2.45) is 11.7 Å². The molecule has 3 unspecified atom stereocenters. The molecule has 0 radical (unpaired) electrons. The number of carbonyl (C=O) groups is 1. The van der Waals surface area contributed by atoms with Crippen LogP contribution in [0.25, 0.3) is 0 Å². The number of rotatable bonds is 4. The van der Waals surface area contributed by atoms with E-state index in [2.05, 4.69) is 12.0 Å². The Balaban J connectivity index is 1.91. The molecule has 0 bridgehead atoms. The van der Waals surface area contributed by atoms with E-state index in [1.807, 2.05) is 47.5 Å². The van der Waals surface area contributed by atoms with Crippen LogP contribution in [-0.4, -0.2) is 39.7 Å². The van der Waals surface area contributed by atoms with Crippen molar-refractivity contribution in [2.45, 2.75) is 25.4 Å². The van der Waals surface area contributed by atoms with Crippen LogP contribution in [-0.2, 0) is 4.79 Å². The van der Waals surface area contributed by atoms with Gasteiger partial charge in [0.25, 0.3) is 5.91 Å². The molecule has 0 saturated carbocycles. The third kappa shape index (κ3) is 2.76. The molecule has 5 heteroatoms. The molecular weight excluding hydrogens is 276 g/mol. The van der Waals surface area contributed by atoms with Crippen molar-refractivity contribution in [2.75, 3.05) is 13.1 Å². The standard InChI is InChI=1S/C17H22N4O/c1-13-10-14(11-18)12-20(13)17(22)16(21-9-5-8-19-21)15-6-3-2-4-7-15/h2-9,13-14,16H,10-12,18H2,1H3. The van der Waals surface area contributed by atoms with Crippen molar-refractivity contribution in [3.63, 3.8) is 0 Å². The summed E-state index contributed by atoms with van der Waals surface area (Å²) in [6, 6.07) is 11.5. The predicted octanol–water partition coefficient (Wildman–Crippen LogP) is 1.67. The molecule has 0 spiro atoms. The van der Waals surface area contributed by atoms with Crippen LogP contribution < -0.4 is 5.73 Å². The maximum atomic E-state index is 13.1. The molecule has 1 saturated heterocycles. The Kier molecular flexibility index (Phi) is 4.24. The van der Waals surface area contributed by atoms with Crippen LogP contribution in [0.5, 0.6) is 0 Å². The molecule has 2 heterocycles. The summed E-state index contributed by atoms with van der Waals surface area (Å²) < 4.78 is 1.74. The van der Waals surface area contributed by atoms with Crippen LogP contribution in [0.2, 0.25) is 0 Å². The summed E-state index contributed by atoms with van der Waals surface area (Å²) >= 11 is 0. The van der Waals surface area contributed by atoms with Gasteiger partial charge in [0.1, 0.15) is 0 Å². The third-order valence-electron chi connectivity index (χ3n) is 4.42. The van der Waals surface area contributed by atoms with Crippen LogP contribution in [0.3, 0.4) is 0 Å². The minimum atomic E-state index is -0.407. The molecule has 0 aliphatic carbocycles. The number of likely N-dealkylation sites (tertiary alicyclic amines) is 1. The normalized spacial score (nSPS) is 22.7. The number of nitrogens with zero attached hydrogens (tertiary/aromatic N) is 3. The highest BCUT2D eigenvalue weighted by molar-refractivity contribution is 5.84. The fraction of sp³-hybridized carbons (Fsp3) is 0.412. The number of hydrogen-bond donors (Lipinski definition) is 1. The molecule has 3 rings (SSSR count). The second kappa shape index (κ2) is 6.32. The molecule has 22 heavy (non-hydrogen) atoms. The second-order valence-corrected chi connectivity index (χ2v) is 5.98. The lowest BCUT2D eigenvalue weighted by Gasteiger charge is -2.27. The summed E-state index contributed by atoms with van der Waals surface area (Å²) in [4.78, 5) is 15.1. The summed E-state index contributed by atoms with van der Waals surface area (Å²) in [6.07, 6.45) is 4.53. The fourth-order valence-electron chi connectivity index (χ4n) is 3.25. The van der Waals surface area contributed by atoms with Crippen molar-refractivity contribution in [3.05, 3.63) is 54.4 Å². The molecule has 1 fully saturated rings. The first-order valence-corrected chi connectivity index (χ1v) is 7.75. The number of carbonyl (C=O) groups excluding carboxylic acids is 1. The van der Waals surface area contributed by atoms with Crippen LogP contribution in [0, 0.1) is 5.92 Å². The Morgan fingerprint density at radius 3 is 2.73 bits per heavy atom. The van der Waals surface area contributed by atoms with E-state index < -0.39 is 6.04 Å². The zero-order valence-corrected chi connectivity index (χ0v) is 12.8. The van der Waals surface area contributed by atoms with E-state index in [1.54, 1.807) is 10.9 Å². The predicted molar refractivity (Wildman–Crippen MR) is 85.1 cm³/mol. The van der Waals surface area contributed by atoms with Crippen molar-refractivity contribution in [1.82, 2.24) is 14.7 Å². The van der Waals surface area contributed by atoms with Crippen molar-refractivity contribution < 1.29 is 4.79 Å². The van der Waals surface area contributed by atoms with E-state index >= 15 is 0 Å². The molecule has 1 aromatic carbocycles. The zero-order chi connectivity index (χ0) is 15.5. The lowest BCUT2D eigenvalue weighted by atomic mass is 10.1. The van der Waals surface area contributed by atoms with Crippen molar-refractivity contribution in [3.8, 4) is 0 Å². The highest BCUT2D eigenvalue weighted by Crippen LogP contribution is 2.28. The Bertz CT molecular complexity index is 611. The highest BCUT2D eigenvalue weighted by Gasteiger charge is 2.36. The number of amides is 1. The van der Waals surface area contributed by atoms with Gasteiger partial charge in [0, 0.05) is 25.0 Å². The van der Waals surface area contributed by atoms with Gasteiger partial charge in [0.05, 0.1) is 0 Å². The molecule has 2 aromatic rings. The number of nitrogens with two attached hydrogens (primary N) is 1. The summed E-state index contributed by atoms with van der Waals surface area (Å²) in [5, 5.41) is 4.29. The molecule has 1 amide bonds. The van der Waals surface area contributed by atoms with E-state index in [0.717, 1.165) is 18.5 Å². The molecule has 1 aliphatic heterocycles. The number of hydrogen-bond acceptors (Lipinski definition) is 3. The lowest BCUT2D eigenvalue weighted by molar-refractivity contribution is -0.134.